The van der Waals surface area contributed by atoms with Gasteiger partial charge in [0.15, 0.2) is 0 Å². The Morgan fingerprint density at radius 2 is 1.62 bits per heavy atom. The summed E-state index contributed by atoms with van der Waals surface area (Å²) in [6, 6.07) is 7.12. The van der Waals surface area contributed by atoms with E-state index in [1.54, 1.807) is 29.2 Å². The largest absolute Gasteiger partial charge is 0.339 e. The number of piperazine rings is 1. The van der Waals surface area contributed by atoms with Crippen LogP contribution in [0.15, 0.2) is 24.3 Å². The summed E-state index contributed by atoms with van der Waals surface area (Å²) in [6.07, 6.45) is 0. The molecule has 24 heavy (non-hydrogen) atoms. The van der Waals surface area contributed by atoms with Gasteiger partial charge < -0.3 is 15.1 Å². The van der Waals surface area contributed by atoms with E-state index in [1.165, 1.54) is 0 Å². The average Bonchev–Trinajstić information content (AvgIpc) is 2.58. The van der Waals surface area contributed by atoms with Crippen LogP contribution >= 0.6 is 0 Å². The van der Waals surface area contributed by atoms with Gasteiger partial charge in [-0.15, -0.1) is 0 Å². The summed E-state index contributed by atoms with van der Waals surface area (Å²) in [5.41, 5.74) is 1.38. The first-order valence-corrected chi connectivity index (χ1v) is 8.63. The molecule has 132 valence electrons. The zero-order valence-electron chi connectivity index (χ0n) is 14.9. The molecule has 6 heteroatoms. The van der Waals surface area contributed by atoms with Crippen molar-refractivity contribution < 1.29 is 9.59 Å². The highest BCUT2D eigenvalue weighted by Crippen LogP contribution is 2.12. The lowest BCUT2D eigenvalue weighted by atomic mass is 10.1. The van der Waals surface area contributed by atoms with Crippen LogP contribution in [0.5, 0.6) is 0 Å². The number of nitrogens with zero attached hydrogens (tertiary/aromatic N) is 3. The van der Waals surface area contributed by atoms with Gasteiger partial charge in [-0.1, -0.05) is 0 Å². The Morgan fingerprint density at radius 3 is 2.17 bits per heavy atom. The minimum absolute atomic E-state index is 0.0117. The van der Waals surface area contributed by atoms with Crippen LogP contribution in [0.1, 0.15) is 24.2 Å². The third-order valence-electron chi connectivity index (χ3n) is 4.43. The first-order valence-electron chi connectivity index (χ1n) is 8.63. The van der Waals surface area contributed by atoms with Crippen LogP contribution in [0.4, 0.5) is 5.69 Å². The second kappa shape index (κ2) is 8.80. The number of nitrogens with one attached hydrogen (secondary N) is 1. The highest BCUT2D eigenvalue weighted by Gasteiger charge is 2.17. The molecule has 1 saturated heterocycles. The molecule has 0 spiro atoms. The third-order valence-corrected chi connectivity index (χ3v) is 4.43. The Hall–Kier alpha value is -1.92. The molecular formula is C18H28N4O2. The molecule has 6 nitrogen and oxygen atoms in total. The van der Waals surface area contributed by atoms with Gasteiger partial charge in [-0.25, -0.2) is 0 Å². The van der Waals surface area contributed by atoms with Gasteiger partial charge in [0.25, 0.3) is 5.91 Å². The van der Waals surface area contributed by atoms with E-state index >= 15 is 0 Å². The van der Waals surface area contributed by atoms with Gasteiger partial charge >= 0.3 is 0 Å². The lowest BCUT2D eigenvalue weighted by molar-refractivity contribution is -0.117. The Balaban J connectivity index is 1.87. The molecule has 1 aliphatic heterocycles. The smallest absolute Gasteiger partial charge is 0.253 e. The van der Waals surface area contributed by atoms with E-state index in [0.717, 1.165) is 31.9 Å². The number of hydrogen-bond donors (Lipinski definition) is 1. The van der Waals surface area contributed by atoms with Crippen molar-refractivity contribution in [1.82, 2.24) is 14.7 Å². The van der Waals surface area contributed by atoms with Gasteiger partial charge in [0.05, 0.1) is 6.54 Å². The number of carbonyl (C=O) groups is 2. The van der Waals surface area contributed by atoms with Crippen molar-refractivity contribution >= 4 is 17.5 Å². The van der Waals surface area contributed by atoms with Crippen molar-refractivity contribution in [2.75, 3.05) is 58.2 Å². The number of hydrogen-bond acceptors (Lipinski definition) is 4. The maximum absolute atomic E-state index is 12.3. The van der Waals surface area contributed by atoms with E-state index in [2.05, 4.69) is 22.2 Å². The molecule has 0 atom stereocenters. The van der Waals surface area contributed by atoms with Crippen molar-refractivity contribution in [2.45, 2.75) is 13.8 Å². The highest BCUT2D eigenvalue weighted by atomic mass is 16.2. The summed E-state index contributed by atoms with van der Waals surface area (Å²) in [7, 11) is 2.10. The molecule has 2 amide bonds. The number of carbonyl (C=O) groups excluding carboxylic acids is 2. The maximum atomic E-state index is 12.3. The van der Waals surface area contributed by atoms with E-state index < -0.39 is 0 Å². The molecule has 0 bridgehead atoms. The zero-order valence-corrected chi connectivity index (χ0v) is 14.9. The number of anilines is 1. The van der Waals surface area contributed by atoms with Crippen LogP contribution in [0.2, 0.25) is 0 Å². The van der Waals surface area contributed by atoms with E-state index in [0.29, 0.717) is 25.2 Å². The monoisotopic (exact) mass is 332 g/mol. The molecule has 1 heterocycles. The Kier molecular flexibility index (Phi) is 6.75. The van der Waals surface area contributed by atoms with Crippen LogP contribution in [0, 0.1) is 0 Å². The predicted octanol–water partition coefficient (Wildman–Crippen LogP) is 1.35. The standard InChI is InChI=1S/C18H28N4O2/c1-4-22(5-2)18(24)15-6-8-16(9-7-15)19-17(23)14-21-12-10-20(3)11-13-21/h6-9H,4-5,10-14H2,1-3H3,(H,19,23). The first kappa shape index (κ1) is 18.4. The summed E-state index contributed by atoms with van der Waals surface area (Å²) in [6.45, 7) is 9.56. The number of likely N-dealkylation sites (N-methyl/N-ethyl adjacent to an activating group) is 1. The fraction of sp³-hybridized carbons (Fsp3) is 0.556. The third kappa shape index (κ3) is 5.04. The van der Waals surface area contributed by atoms with Crippen molar-refractivity contribution in [3.05, 3.63) is 29.8 Å². The lowest BCUT2D eigenvalue weighted by Gasteiger charge is -2.31. The Morgan fingerprint density at radius 1 is 1.04 bits per heavy atom. The Bertz CT molecular complexity index is 547. The van der Waals surface area contributed by atoms with Gasteiger partial charge in [-0.05, 0) is 45.2 Å². The SMILES string of the molecule is CCN(CC)C(=O)c1ccc(NC(=O)CN2CCN(C)CC2)cc1. The van der Waals surface area contributed by atoms with Gasteiger partial charge in [0.2, 0.25) is 5.91 Å². The molecule has 0 saturated carbocycles. The number of benzene rings is 1. The minimum Gasteiger partial charge on any atom is -0.339 e. The fourth-order valence-corrected chi connectivity index (χ4v) is 2.80. The quantitative estimate of drug-likeness (QED) is 0.854. The first-order chi connectivity index (χ1) is 11.5. The minimum atomic E-state index is -0.0117. The van der Waals surface area contributed by atoms with E-state index in [1.807, 2.05) is 13.8 Å². The normalized spacial score (nSPS) is 16.0. The lowest BCUT2D eigenvalue weighted by Crippen LogP contribution is -2.47. The molecule has 0 unspecified atom stereocenters. The molecule has 1 aliphatic rings. The predicted molar refractivity (Wildman–Crippen MR) is 96.3 cm³/mol. The van der Waals surface area contributed by atoms with E-state index in [-0.39, 0.29) is 11.8 Å². The van der Waals surface area contributed by atoms with Crippen molar-refractivity contribution in [1.29, 1.82) is 0 Å². The van der Waals surface area contributed by atoms with Crippen molar-refractivity contribution in [3.63, 3.8) is 0 Å². The molecule has 1 aromatic carbocycles. The molecule has 1 N–H and O–H groups in total. The summed E-state index contributed by atoms with van der Waals surface area (Å²) in [5, 5.41) is 2.90. The van der Waals surface area contributed by atoms with Crippen LogP contribution in [-0.4, -0.2) is 79.4 Å². The van der Waals surface area contributed by atoms with Gasteiger partial charge in [0, 0.05) is 50.5 Å². The van der Waals surface area contributed by atoms with Gasteiger partial charge in [-0.3, -0.25) is 14.5 Å². The van der Waals surface area contributed by atoms with Crippen LogP contribution in [0.3, 0.4) is 0 Å². The van der Waals surface area contributed by atoms with E-state index in [9.17, 15) is 9.59 Å². The van der Waals surface area contributed by atoms with Crippen LogP contribution < -0.4 is 5.32 Å². The number of amides is 2. The Labute approximate surface area is 144 Å². The van der Waals surface area contributed by atoms with Gasteiger partial charge in [0.1, 0.15) is 0 Å². The maximum Gasteiger partial charge on any atom is 0.253 e. The summed E-state index contributed by atoms with van der Waals surface area (Å²) >= 11 is 0. The molecule has 0 aliphatic carbocycles. The van der Waals surface area contributed by atoms with Crippen molar-refractivity contribution in [3.8, 4) is 0 Å². The molecule has 0 aromatic heterocycles. The van der Waals surface area contributed by atoms with Gasteiger partial charge in [-0.2, -0.15) is 0 Å². The number of rotatable bonds is 6. The second-order valence-electron chi connectivity index (χ2n) is 6.18. The van der Waals surface area contributed by atoms with Crippen LogP contribution in [0.25, 0.3) is 0 Å². The van der Waals surface area contributed by atoms with Crippen LogP contribution in [-0.2, 0) is 4.79 Å². The highest BCUT2D eigenvalue weighted by molar-refractivity contribution is 5.96. The molecule has 1 aromatic rings. The fourth-order valence-electron chi connectivity index (χ4n) is 2.80. The average molecular weight is 332 g/mol. The molecule has 2 rings (SSSR count). The summed E-state index contributed by atoms with van der Waals surface area (Å²) < 4.78 is 0. The zero-order chi connectivity index (χ0) is 17.5. The summed E-state index contributed by atoms with van der Waals surface area (Å²) in [5.74, 6) is 0.0117. The van der Waals surface area contributed by atoms with E-state index in [4.69, 9.17) is 0 Å². The second-order valence-corrected chi connectivity index (χ2v) is 6.18. The molecule has 1 fully saturated rings. The molecule has 0 radical (unpaired) electrons. The van der Waals surface area contributed by atoms with Crippen molar-refractivity contribution in [2.24, 2.45) is 0 Å². The summed E-state index contributed by atoms with van der Waals surface area (Å²) in [4.78, 5) is 30.6. The molecular weight excluding hydrogens is 304 g/mol. The topological polar surface area (TPSA) is 55.9 Å².